The zero-order valence-electron chi connectivity index (χ0n) is 9.38. The van der Waals surface area contributed by atoms with E-state index in [9.17, 15) is 18.0 Å². The average molecular weight is 264 g/mol. The van der Waals surface area contributed by atoms with Crippen molar-refractivity contribution in [3.8, 4) is 5.75 Å². The maximum atomic E-state index is 12.2. The lowest BCUT2D eigenvalue weighted by atomic mass is 10.1. The van der Waals surface area contributed by atoms with Crippen molar-refractivity contribution in [3.63, 3.8) is 0 Å². The quantitative estimate of drug-likeness (QED) is 0.494. The molecule has 1 aromatic rings. The molecule has 0 fully saturated rings. The van der Waals surface area contributed by atoms with Crippen LogP contribution in [0.5, 0.6) is 5.75 Å². The number of carbonyl (C=O) groups excluding carboxylic acids is 1. The standard InChI is InChI=1S/C10H11F3N2O3/c1-2-17-9(16)8-6(15-14)4-3-5-7(8)18-10(11,12)13/h3-5,15H,2,14H2,1H3. The Balaban J connectivity index is 3.20. The maximum absolute atomic E-state index is 12.2. The van der Waals surface area contributed by atoms with Gasteiger partial charge in [0.1, 0.15) is 11.3 Å². The number of carbonyl (C=O) groups is 1. The second-order valence-electron chi connectivity index (χ2n) is 3.09. The van der Waals surface area contributed by atoms with E-state index < -0.39 is 23.6 Å². The molecule has 5 nitrogen and oxygen atoms in total. The van der Waals surface area contributed by atoms with E-state index >= 15 is 0 Å². The summed E-state index contributed by atoms with van der Waals surface area (Å²) in [4.78, 5) is 11.6. The Morgan fingerprint density at radius 3 is 2.61 bits per heavy atom. The fourth-order valence-electron chi connectivity index (χ4n) is 1.27. The first-order valence-corrected chi connectivity index (χ1v) is 4.91. The van der Waals surface area contributed by atoms with E-state index in [1.165, 1.54) is 19.1 Å². The summed E-state index contributed by atoms with van der Waals surface area (Å²) in [6, 6.07) is 3.59. The van der Waals surface area contributed by atoms with Crippen LogP contribution < -0.4 is 16.0 Å². The van der Waals surface area contributed by atoms with Gasteiger partial charge in [-0.25, -0.2) is 4.79 Å². The van der Waals surface area contributed by atoms with Gasteiger partial charge in [-0.05, 0) is 19.1 Å². The minimum atomic E-state index is -4.91. The monoisotopic (exact) mass is 264 g/mol. The molecule has 0 radical (unpaired) electrons. The highest BCUT2D eigenvalue weighted by Crippen LogP contribution is 2.31. The van der Waals surface area contributed by atoms with Crippen molar-refractivity contribution in [3.05, 3.63) is 23.8 Å². The predicted octanol–water partition coefficient (Wildman–Crippen LogP) is 2.05. The summed E-state index contributed by atoms with van der Waals surface area (Å²) in [6.45, 7) is 1.55. The predicted molar refractivity (Wildman–Crippen MR) is 56.9 cm³/mol. The number of hydrogen-bond donors (Lipinski definition) is 2. The van der Waals surface area contributed by atoms with Gasteiger partial charge in [0.05, 0.1) is 12.3 Å². The number of halogens is 3. The summed E-state index contributed by atoms with van der Waals surface area (Å²) in [7, 11) is 0. The minimum absolute atomic E-state index is 0.0171. The van der Waals surface area contributed by atoms with Crippen molar-refractivity contribution in [2.24, 2.45) is 5.84 Å². The third-order valence-electron chi connectivity index (χ3n) is 1.89. The Morgan fingerprint density at radius 1 is 1.44 bits per heavy atom. The molecule has 0 bridgehead atoms. The first-order valence-electron chi connectivity index (χ1n) is 4.91. The van der Waals surface area contributed by atoms with Crippen LogP contribution >= 0.6 is 0 Å². The Labute approximate surface area is 101 Å². The van der Waals surface area contributed by atoms with Crippen molar-refractivity contribution >= 4 is 11.7 Å². The number of anilines is 1. The van der Waals surface area contributed by atoms with Gasteiger partial charge >= 0.3 is 12.3 Å². The number of rotatable bonds is 4. The minimum Gasteiger partial charge on any atom is -0.462 e. The molecular formula is C10H11F3N2O3. The summed E-state index contributed by atoms with van der Waals surface area (Å²) in [6.07, 6.45) is -4.91. The first kappa shape index (κ1) is 14.1. The van der Waals surface area contributed by atoms with Gasteiger partial charge in [0.25, 0.3) is 0 Å². The summed E-state index contributed by atoms with van der Waals surface area (Å²) in [5, 5.41) is 0. The highest BCUT2D eigenvalue weighted by molar-refractivity contribution is 5.98. The second-order valence-corrected chi connectivity index (χ2v) is 3.09. The lowest BCUT2D eigenvalue weighted by Gasteiger charge is -2.15. The fraction of sp³-hybridized carbons (Fsp3) is 0.300. The van der Waals surface area contributed by atoms with Crippen LogP contribution in [-0.4, -0.2) is 18.9 Å². The number of hydrazine groups is 1. The third kappa shape index (κ3) is 3.52. The molecule has 0 aromatic heterocycles. The Kier molecular flexibility index (Phi) is 4.38. The van der Waals surface area contributed by atoms with Crippen LogP contribution in [0.2, 0.25) is 0 Å². The van der Waals surface area contributed by atoms with Crippen LogP contribution in [-0.2, 0) is 4.74 Å². The van der Waals surface area contributed by atoms with E-state index in [2.05, 4.69) is 14.9 Å². The number of nitrogens with two attached hydrogens (primary N) is 1. The lowest BCUT2D eigenvalue weighted by molar-refractivity contribution is -0.274. The molecule has 3 N–H and O–H groups in total. The number of benzene rings is 1. The molecule has 0 atom stereocenters. The molecule has 0 saturated carbocycles. The van der Waals surface area contributed by atoms with E-state index in [4.69, 9.17) is 5.84 Å². The first-order chi connectivity index (χ1) is 8.39. The van der Waals surface area contributed by atoms with Crippen molar-refractivity contribution in [2.45, 2.75) is 13.3 Å². The van der Waals surface area contributed by atoms with E-state index in [0.717, 1.165) is 6.07 Å². The molecule has 0 spiro atoms. The SMILES string of the molecule is CCOC(=O)c1c(NN)cccc1OC(F)(F)F. The molecule has 0 amide bonds. The van der Waals surface area contributed by atoms with Gasteiger partial charge in [-0.3, -0.25) is 5.84 Å². The molecule has 0 saturated heterocycles. The van der Waals surface area contributed by atoms with Crippen LogP contribution in [0, 0.1) is 0 Å². The van der Waals surface area contributed by atoms with Crippen molar-refractivity contribution in [2.75, 3.05) is 12.0 Å². The van der Waals surface area contributed by atoms with Crippen molar-refractivity contribution in [1.82, 2.24) is 0 Å². The summed E-state index contributed by atoms with van der Waals surface area (Å²) in [5.41, 5.74) is 1.69. The Bertz CT molecular complexity index is 435. The topological polar surface area (TPSA) is 73.6 Å². The number of alkyl halides is 3. The highest BCUT2D eigenvalue weighted by Gasteiger charge is 2.34. The van der Waals surface area contributed by atoms with Crippen LogP contribution in [0.25, 0.3) is 0 Å². The van der Waals surface area contributed by atoms with Gasteiger partial charge in [0, 0.05) is 0 Å². The molecule has 1 rings (SSSR count). The van der Waals surface area contributed by atoms with Gasteiger partial charge < -0.3 is 14.9 Å². The van der Waals surface area contributed by atoms with Crippen LogP contribution in [0.3, 0.4) is 0 Å². The van der Waals surface area contributed by atoms with Crippen LogP contribution in [0.1, 0.15) is 17.3 Å². The van der Waals surface area contributed by atoms with E-state index in [-0.39, 0.29) is 12.3 Å². The maximum Gasteiger partial charge on any atom is 0.573 e. The summed E-state index contributed by atoms with van der Waals surface area (Å²) >= 11 is 0. The van der Waals surface area contributed by atoms with Crippen LogP contribution in [0.4, 0.5) is 18.9 Å². The largest absolute Gasteiger partial charge is 0.573 e. The number of nitrogen functional groups attached to an aromatic ring is 1. The van der Waals surface area contributed by atoms with E-state index in [0.29, 0.717) is 0 Å². The Hall–Kier alpha value is -1.96. The van der Waals surface area contributed by atoms with Gasteiger partial charge in [-0.2, -0.15) is 0 Å². The van der Waals surface area contributed by atoms with Crippen molar-refractivity contribution < 1.29 is 27.4 Å². The fourth-order valence-corrected chi connectivity index (χ4v) is 1.27. The average Bonchev–Trinajstić information content (AvgIpc) is 2.26. The number of hydrogen-bond acceptors (Lipinski definition) is 5. The van der Waals surface area contributed by atoms with Gasteiger partial charge in [-0.1, -0.05) is 6.07 Å². The molecule has 18 heavy (non-hydrogen) atoms. The van der Waals surface area contributed by atoms with Crippen LogP contribution in [0.15, 0.2) is 18.2 Å². The molecule has 0 aliphatic rings. The summed E-state index contributed by atoms with van der Waals surface area (Å²) in [5.74, 6) is 3.50. The molecule has 100 valence electrons. The Morgan fingerprint density at radius 2 is 2.11 bits per heavy atom. The summed E-state index contributed by atoms with van der Waals surface area (Å²) < 4.78 is 44.9. The van der Waals surface area contributed by atoms with E-state index in [1.54, 1.807) is 0 Å². The zero-order chi connectivity index (χ0) is 13.8. The molecule has 0 unspecified atom stereocenters. The number of nitrogens with one attached hydrogen (secondary N) is 1. The number of esters is 1. The normalized spacial score (nSPS) is 10.9. The van der Waals surface area contributed by atoms with Gasteiger partial charge in [-0.15, -0.1) is 13.2 Å². The van der Waals surface area contributed by atoms with E-state index in [1.807, 2.05) is 0 Å². The number of ether oxygens (including phenoxy) is 2. The van der Waals surface area contributed by atoms with Gasteiger partial charge in [0.15, 0.2) is 0 Å². The molecular weight excluding hydrogens is 253 g/mol. The molecule has 0 aliphatic heterocycles. The molecule has 8 heteroatoms. The highest BCUT2D eigenvalue weighted by atomic mass is 19.4. The van der Waals surface area contributed by atoms with Crippen molar-refractivity contribution in [1.29, 1.82) is 0 Å². The molecule has 1 aromatic carbocycles. The smallest absolute Gasteiger partial charge is 0.462 e. The van der Waals surface area contributed by atoms with Gasteiger partial charge in [0.2, 0.25) is 0 Å². The molecule has 0 aliphatic carbocycles. The molecule has 0 heterocycles. The lowest BCUT2D eigenvalue weighted by Crippen LogP contribution is -2.21. The third-order valence-corrected chi connectivity index (χ3v) is 1.89. The second kappa shape index (κ2) is 5.58. The zero-order valence-corrected chi connectivity index (χ0v) is 9.38.